The van der Waals surface area contributed by atoms with Crippen molar-refractivity contribution >= 4 is 29.9 Å². The first kappa shape index (κ1) is 19.5. The molecule has 5 nitrogen and oxygen atoms in total. The molecule has 2 fully saturated rings. The lowest BCUT2D eigenvalue weighted by Gasteiger charge is -2.38. The molecule has 1 saturated heterocycles. The summed E-state index contributed by atoms with van der Waals surface area (Å²) in [5, 5.41) is 8.27. The largest absolute Gasteiger partial charge is 0.352 e. The SMILES string of the molecule is CCc1nn(C)c(CC)c1CNC(=NC)N1CCC2(CCC2)C1.I. The van der Waals surface area contributed by atoms with Crippen molar-refractivity contribution in [3.8, 4) is 0 Å². The zero-order valence-corrected chi connectivity index (χ0v) is 17.9. The summed E-state index contributed by atoms with van der Waals surface area (Å²) in [6.45, 7) is 7.54. The number of aromatic nitrogens is 2. The molecule has 1 aliphatic heterocycles. The number of aliphatic imine (C=N–C) groups is 1. The Labute approximate surface area is 163 Å². The van der Waals surface area contributed by atoms with E-state index >= 15 is 0 Å². The minimum absolute atomic E-state index is 0. The van der Waals surface area contributed by atoms with E-state index in [9.17, 15) is 0 Å². The number of rotatable bonds is 4. The van der Waals surface area contributed by atoms with Crippen LogP contribution in [0.3, 0.4) is 0 Å². The second kappa shape index (κ2) is 8.06. The molecule has 0 atom stereocenters. The Kier molecular flexibility index (Phi) is 6.56. The third-order valence-corrected chi connectivity index (χ3v) is 5.81. The summed E-state index contributed by atoms with van der Waals surface area (Å²) in [6, 6.07) is 0. The maximum absolute atomic E-state index is 4.67. The van der Waals surface area contributed by atoms with Crippen LogP contribution in [0.15, 0.2) is 4.99 Å². The maximum Gasteiger partial charge on any atom is 0.193 e. The highest BCUT2D eigenvalue weighted by molar-refractivity contribution is 14.0. The second-order valence-electron chi connectivity index (χ2n) is 7.13. The van der Waals surface area contributed by atoms with Gasteiger partial charge in [0.1, 0.15) is 0 Å². The van der Waals surface area contributed by atoms with Crippen molar-refractivity contribution in [3.05, 3.63) is 17.0 Å². The lowest BCUT2D eigenvalue weighted by molar-refractivity contribution is 0.151. The minimum atomic E-state index is 0. The van der Waals surface area contributed by atoms with Gasteiger partial charge in [0, 0.05) is 45.0 Å². The molecule has 136 valence electrons. The van der Waals surface area contributed by atoms with Gasteiger partial charge >= 0.3 is 0 Å². The van der Waals surface area contributed by atoms with E-state index in [1.807, 2.05) is 11.7 Å². The zero-order chi connectivity index (χ0) is 16.4. The van der Waals surface area contributed by atoms with Crippen molar-refractivity contribution in [2.45, 2.75) is 58.9 Å². The van der Waals surface area contributed by atoms with E-state index < -0.39 is 0 Å². The third-order valence-electron chi connectivity index (χ3n) is 5.81. The van der Waals surface area contributed by atoms with Gasteiger partial charge < -0.3 is 10.2 Å². The van der Waals surface area contributed by atoms with Crippen molar-refractivity contribution in [2.75, 3.05) is 20.1 Å². The molecule has 1 aliphatic carbocycles. The van der Waals surface area contributed by atoms with Crippen LogP contribution in [0.4, 0.5) is 0 Å². The number of nitrogens with one attached hydrogen (secondary N) is 1. The highest BCUT2D eigenvalue weighted by Gasteiger charge is 2.43. The van der Waals surface area contributed by atoms with Gasteiger partial charge in [-0.05, 0) is 37.5 Å². The number of guanidine groups is 1. The van der Waals surface area contributed by atoms with Gasteiger partial charge in [-0.2, -0.15) is 5.10 Å². The number of likely N-dealkylation sites (tertiary alicyclic amines) is 1. The van der Waals surface area contributed by atoms with E-state index in [1.165, 1.54) is 49.2 Å². The summed E-state index contributed by atoms with van der Waals surface area (Å²) in [4.78, 5) is 6.98. The van der Waals surface area contributed by atoms with Crippen molar-refractivity contribution in [1.29, 1.82) is 0 Å². The molecule has 24 heavy (non-hydrogen) atoms. The van der Waals surface area contributed by atoms with Gasteiger partial charge in [-0.15, -0.1) is 24.0 Å². The quantitative estimate of drug-likeness (QED) is 0.440. The van der Waals surface area contributed by atoms with Crippen molar-refractivity contribution in [1.82, 2.24) is 20.0 Å². The number of halogens is 1. The van der Waals surface area contributed by atoms with Crippen LogP contribution in [0.5, 0.6) is 0 Å². The average molecular weight is 445 g/mol. The summed E-state index contributed by atoms with van der Waals surface area (Å²) >= 11 is 0. The number of hydrogen-bond donors (Lipinski definition) is 1. The second-order valence-corrected chi connectivity index (χ2v) is 7.13. The lowest BCUT2D eigenvalue weighted by atomic mass is 9.68. The first-order valence-electron chi connectivity index (χ1n) is 9.11. The lowest BCUT2D eigenvalue weighted by Crippen LogP contribution is -2.42. The van der Waals surface area contributed by atoms with Crippen LogP contribution in [0.2, 0.25) is 0 Å². The molecule has 0 radical (unpaired) electrons. The predicted octanol–water partition coefficient (Wildman–Crippen LogP) is 3.11. The third kappa shape index (κ3) is 3.58. The summed E-state index contributed by atoms with van der Waals surface area (Å²) < 4.78 is 2.04. The Balaban J connectivity index is 0.00000208. The fourth-order valence-corrected chi connectivity index (χ4v) is 4.29. The van der Waals surface area contributed by atoms with Crippen LogP contribution >= 0.6 is 24.0 Å². The molecule has 1 aromatic heterocycles. The van der Waals surface area contributed by atoms with Gasteiger partial charge in [-0.1, -0.05) is 20.3 Å². The van der Waals surface area contributed by atoms with E-state index in [2.05, 4.69) is 41.2 Å². The van der Waals surface area contributed by atoms with Crippen LogP contribution < -0.4 is 5.32 Å². The smallest absolute Gasteiger partial charge is 0.193 e. The van der Waals surface area contributed by atoms with Crippen LogP contribution in [-0.4, -0.2) is 40.8 Å². The Morgan fingerprint density at radius 2 is 2.00 bits per heavy atom. The van der Waals surface area contributed by atoms with Crippen LogP contribution in [0, 0.1) is 5.41 Å². The van der Waals surface area contributed by atoms with Gasteiger partial charge in [0.25, 0.3) is 0 Å². The summed E-state index contributed by atoms with van der Waals surface area (Å²) in [5.74, 6) is 1.06. The molecule has 2 aliphatic rings. The minimum Gasteiger partial charge on any atom is -0.352 e. The molecule has 0 aromatic carbocycles. The summed E-state index contributed by atoms with van der Waals surface area (Å²) in [5.41, 5.74) is 4.51. The zero-order valence-electron chi connectivity index (χ0n) is 15.6. The highest BCUT2D eigenvalue weighted by atomic mass is 127. The first-order chi connectivity index (χ1) is 11.1. The van der Waals surface area contributed by atoms with E-state index in [-0.39, 0.29) is 24.0 Å². The molecule has 0 unspecified atom stereocenters. The molecule has 0 bridgehead atoms. The molecule has 2 heterocycles. The van der Waals surface area contributed by atoms with Gasteiger partial charge in [0.2, 0.25) is 0 Å². The van der Waals surface area contributed by atoms with Gasteiger partial charge in [0.15, 0.2) is 5.96 Å². The molecule has 6 heteroatoms. The fraction of sp³-hybridized carbons (Fsp3) is 0.778. The fourth-order valence-electron chi connectivity index (χ4n) is 4.29. The normalized spacial score (nSPS) is 19.3. The van der Waals surface area contributed by atoms with E-state index in [4.69, 9.17) is 0 Å². The van der Waals surface area contributed by atoms with Crippen molar-refractivity contribution in [3.63, 3.8) is 0 Å². The Bertz CT molecular complexity index is 588. The molecular formula is C18H32IN5. The summed E-state index contributed by atoms with van der Waals surface area (Å²) in [6.07, 6.45) is 7.56. The van der Waals surface area contributed by atoms with Crippen LogP contribution in [-0.2, 0) is 26.4 Å². The number of hydrogen-bond acceptors (Lipinski definition) is 2. The molecule has 1 spiro atoms. The molecule has 1 aromatic rings. The van der Waals surface area contributed by atoms with Crippen molar-refractivity contribution < 1.29 is 0 Å². The average Bonchev–Trinajstić information content (AvgIpc) is 3.09. The Morgan fingerprint density at radius 3 is 2.50 bits per heavy atom. The van der Waals surface area contributed by atoms with Crippen LogP contribution in [0.25, 0.3) is 0 Å². The molecular weight excluding hydrogens is 413 g/mol. The Hall–Kier alpha value is -0.790. The number of aryl methyl sites for hydroxylation is 2. The Morgan fingerprint density at radius 1 is 1.25 bits per heavy atom. The number of nitrogens with zero attached hydrogens (tertiary/aromatic N) is 4. The van der Waals surface area contributed by atoms with E-state index in [0.717, 1.165) is 31.9 Å². The molecule has 0 amide bonds. The van der Waals surface area contributed by atoms with E-state index in [0.29, 0.717) is 5.41 Å². The van der Waals surface area contributed by atoms with Crippen LogP contribution in [0.1, 0.15) is 56.5 Å². The van der Waals surface area contributed by atoms with E-state index in [1.54, 1.807) is 0 Å². The molecule has 1 N–H and O–H groups in total. The topological polar surface area (TPSA) is 45.5 Å². The maximum atomic E-state index is 4.67. The van der Waals surface area contributed by atoms with Crippen molar-refractivity contribution in [2.24, 2.45) is 17.5 Å². The predicted molar refractivity (Wildman–Crippen MR) is 110 cm³/mol. The molecule has 1 saturated carbocycles. The summed E-state index contributed by atoms with van der Waals surface area (Å²) in [7, 11) is 3.95. The standard InChI is InChI=1S/C18H31N5.HI/c1-5-15-14(16(6-2)22(4)21-15)12-20-17(19-3)23-11-10-18(13-23)8-7-9-18;/h5-13H2,1-4H3,(H,19,20);1H. The molecule has 3 rings (SSSR count). The first-order valence-corrected chi connectivity index (χ1v) is 9.11. The van der Waals surface area contributed by atoms with Gasteiger partial charge in [0.05, 0.1) is 5.69 Å². The van der Waals surface area contributed by atoms with Gasteiger partial charge in [-0.25, -0.2) is 0 Å². The van der Waals surface area contributed by atoms with Gasteiger partial charge in [-0.3, -0.25) is 9.67 Å². The highest BCUT2D eigenvalue weighted by Crippen LogP contribution is 2.47. The monoisotopic (exact) mass is 445 g/mol.